The van der Waals surface area contributed by atoms with Gasteiger partial charge in [-0.05, 0) is 24.7 Å². The maximum Gasteiger partial charge on any atom is 0.225 e. The maximum absolute atomic E-state index is 12.0. The SMILES string of the molecule is CC1CN(C(=O)C(C)C2CC2)CC1Br. The lowest BCUT2D eigenvalue weighted by Crippen LogP contribution is -2.34. The Morgan fingerprint density at radius 3 is 2.50 bits per heavy atom. The molecule has 3 atom stereocenters. The molecule has 2 aliphatic rings. The monoisotopic (exact) mass is 259 g/mol. The van der Waals surface area contributed by atoms with Gasteiger partial charge in [-0.3, -0.25) is 4.79 Å². The van der Waals surface area contributed by atoms with E-state index in [-0.39, 0.29) is 5.92 Å². The van der Waals surface area contributed by atoms with Crippen LogP contribution in [-0.4, -0.2) is 28.7 Å². The number of nitrogens with zero attached hydrogens (tertiary/aromatic N) is 1. The molecule has 3 heteroatoms. The molecule has 1 heterocycles. The minimum absolute atomic E-state index is 0.264. The fourth-order valence-corrected chi connectivity index (χ4v) is 2.71. The number of likely N-dealkylation sites (tertiary alicyclic amines) is 1. The summed E-state index contributed by atoms with van der Waals surface area (Å²) >= 11 is 3.62. The molecule has 2 rings (SSSR count). The molecule has 1 saturated carbocycles. The average Bonchev–Trinajstić information content (AvgIpc) is 2.93. The van der Waals surface area contributed by atoms with Gasteiger partial charge in [0.05, 0.1) is 0 Å². The third-order valence-electron chi connectivity index (χ3n) is 3.55. The van der Waals surface area contributed by atoms with E-state index < -0.39 is 0 Å². The summed E-state index contributed by atoms with van der Waals surface area (Å²) in [6.45, 7) is 6.13. The van der Waals surface area contributed by atoms with Crippen LogP contribution in [0.4, 0.5) is 0 Å². The second-order valence-corrected chi connectivity index (χ2v) is 6.04. The Balaban J connectivity index is 1.92. The topological polar surface area (TPSA) is 20.3 Å². The summed E-state index contributed by atoms with van der Waals surface area (Å²) in [5.41, 5.74) is 0. The van der Waals surface area contributed by atoms with Crippen molar-refractivity contribution in [3.8, 4) is 0 Å². The first kappa shape index (κ1) is 10.5. The molecule has 0 N–H and O–H groups in total. The van der Waals surface area contributed by atoms with Crippen molar-refractivity contribution >= 4 is 21.8 Å². The zero-order valence-corrected chi connectivity index (χ0v) is 10.5. The molecule has 0 aromatic carbocycles. The van der Waals surface area contributed by atoms with Crippen molar-refractivity contribution < 1.29 is 4.79 Å². The normalized spacial score (nSPS) is 34.6. The molecule has 1 saturated heterocycles. The highest BCUT2D eigenvalue weighted by molar-refractivity contribution is 9.09. The fraction of sp³-hybridized carbons (Fsp3) is 0.909. The Bertz CT molecular complexity index is 229. The van der Waals surface area contributed by atoms with Crippen LogP contribution in [0, 0.1) is 17.8 Å². The highest BCUT2D eigenvalue weighted by Crippen LogP contribution is 2.38. The minimum atomic E-state index is 0.264. The number of hydrogen-bond acceptors (Lipinski definition) is 1. The first-order valence-electron chi connectivity index (χ1n) is 5.52. The second kappa shape index (κ2) is 3.84. The highest BCUT2D eigenvalue weighted by atomic mass is 79.9. The molecule has 2 nitrogen and oxygen atoms in total. The number of carbonyl (C=O) groups is 1. The summed E-state index contributed by atoms with van der Waals surface area (Å²) in [6, 6.07) is 0. The smallest absolute Gasteiger partial charge is 0.225 e. The summed E-state index contributed by atoms with van der Waals surface area (Å²) in [4.78, 5) is 14.6. The Morgan fingerprint density at radius 2 is 2.07 bits per heavy atom. The van der Waals surface area contributed by atoms with E-state index in [9.17, 15) is 4.79 Å². The Hall–Kier alpha value is -0.0500. The van der Waals surface area contributed by atoms with Crippen LogP contribution in [0.5, 0.6) is 0 Å². The van der Waals surface area contributed by atoms with E-state index in [2.05, 4.69) is 29.8 Å². The second-order valence-electron chi connectivity index (χ2n) is 4.86. The highest BCUT2D eigenvalue weighted by Gasteiger charge is 2.38. The van der Waals surface area contributed by atoms with Crippen molar-refractivity contribution in [2.75, 3.05) is 13.1 Å². The zero-order chi connectivity index (χ0) is 10.3. The number of amides is 1. The van der Waals surface area contributed by atoms with Crippen molar-refractivity contribution in [2.24, 2.45) is 17.8 Å². The average molecular weight is 260 g/mol. The van der Waals surface area contributed by atoms with Crippen molar-refractivity contribution in [1.82, 2.24) is 4.90 Å². The van der Waals surface area contributed by atoms with Crippen LogP contribution in [0.1, 0.15) is 26.7 Å². The standard InChI is InChI=1S/C11H18BrNO/c1-7-5-13(6-10(7)12)11(14)8(2)9-3-4-9/h7-10H,3-6H2,1-2H3. The van der Waals surface area contributed by atoms with E-state index in [0.29, 0.717) is 22.6 Å². The summed E-state index contributed by atoms with van der Waals surface area (Å²) in [6.07, 6.45) is 2.52. The Labute approximate surface area is 94.2 Å². The zero-order valence-electron chi connectivity index (χ0n) is 8.87. The van der Waals surface area contributed by atoms with E-state index in [1.807, 2.05) is 4.90 Å². The van der Waals surface area contributed by atoms with Gasteiger partial charge in [0.1, 0.15) is 0 Å². The van der Waals surface area contributed by atoms with Gasteiger partial charge in [0.2, 0.25) is 5.91 Å². The van der Waals surface area contributed by atoms with Crippen LogP contribution in [0.15, 0.2) is 0 Å². The summed E-state index contributed by atoms with van der Waals surface area (Å²) in [5.74, 6) is 1.93. The van der Waals surface area contributed by atoms with Gasteiger partial charge in [0.15, 0.2) is 0 Å². The molecule has 1 amide bonds. The van der Waals surface area contributed by atoms with Gasteiger partial charge in [0, 0.05) is 23.8 Å². The lowest BCUT2D eigenvalue weighted by atomic mass is 10.1. The first-order valence-corrected chi connectivity index (χ1v) is 6.44. The van der Waals surface area contributed by atoms with E-state index in [1.165, 1.54) is 12.8 Å². The van der Waals surface area contributed by atoms with Gasteiger partial charge in [-0.2, -0.15) is 0 Å². The van der Waals surface area contributed by atoms with Gasteiger partial charge in [0.25, 0.3) is 0 Å². The van der Waals surface area contributed by atoms with Gasteiger partial charge in [-0.1, -0.05) is 29.8 Å². The van der Waals surface area contributed by atoms with Crippen LogP contribution >= 0.6 is 15.9 Å². The van der Waals surface area contributed by atoms with Crippen LogP contribution in [0.2, 0.25) is 0 Å². The summed E-state index contributed by atoms with van der Waals surface area (Å²) in [7, 11) is 0. The van der Waals surface area contributed by atoms with E-state index in [4.69, 9.17) is 0 Å². The molecule has 1 aliphatic carbocycles. The molecule has 3 unspecified atom stereocenters. The molecule has 0 bridgehead atoms. The van der Waals surface area contributed by atoms with E-state index >= 15 is 0 Å². The quantitative estimate of drug-likeness (QED) is 0.697. The molecule has 1 aliphatic heterocycles. The predicted molar refractivity (Wildman–Crippen MR) is 60.3 cm³/mol. The van der Waals surface area contributed by atoms with Crippen LogP contribution < -0.4 is 0 Å². The molecule has 0 aromatic heterocycles. The molecule has 0 radical (unpaired) electrons. The van der Waals surface area contributed by atoms with Crippen LogP contribution in [-0.2, 0) is 4.79 Å². The van der Waals surface area contributed by atoms with Crippen LogP contribution in [0.25, 0.3) is 0 Å². The van der Waals surface area contributed by atoms with Crippen LogP contribution in [0.3, 0.4) is 0 Å². The van der Waals surface area contributed by atoms with Gasteiger partial charge in [-0.25, -0.2) is 0 Å². The Morgan fingerprint density at radius 1 is 1.43 bits per heavy atom. The van der Waals surface area contributed by atoms with E-state index in [0.717, 1.165) is 13.1 Å². The third kappa shape index (κ3) is 1.97. The third-order valence-corrected chi connectivity index (χ3v) is 4.74. The van der Waals surface area contributed by atoms with Crippen molar-refractivity contribution in [3.63, 3.8) is 0 Å². The number of hydrogen-bond donors (Lipinski definition) is 0. The van der Waals surface area contributed by atoms with Gasteiger partial charge < -0.3 is 4.90 Å². The van der Waals surface area contributed by atoms with E-state index in [1.54, 1.807) is 0 Å². The minimum Gasteiger partial charge on any atom is -0.341 e. The maximum atomic E-state index is 12.0. The molecule has 14 heavy (non-hydrogen) atoms. The first-order chi connectivity index (χ1) is 6.59. The Kier molecular flexibility index (Phi) is 2.87. The largest absolute Gasteiger partial charge is 0.341 e. The molecule has 0 spiro atoms. The summed E-state index contributed by atoms with van der Waals surface area (Å²) < 4.78 is 0. The van der Waals surface area contributed by atoms with Crippen molar-refractivity contribution in [1.29, 1.82) is 0 Å². The number of rotatable bonds is 2. The predicted octanol–water partition coefficient (Wildman–Crippen LogP) is 2.27. The molecular weight excluding hydrogens is 242 g/mol. The molecule has 2 fully saturated rings. The number of alkyl halides is 1. The van der Waals surface area contributed by atoms with Crippen molar-refractivity contribution in [2.45, 2.75) is 31.5 Å². The molecular formula is C11H18BrNO. The number of carbonyl (C=O) groups excluding carboxylic acids is 1. The summed E-state index contributed by atoms with van der Waals surface area (Å²) in [5, 5.41) is 0. The van der Waals surface area contributed by atoms with Crippen molar-refractivity contribution in [3.05, 3.63) is 0 Å². The van der Waals surface area contributed by atoms with Gasteiger partial charge in [-0.15, -0.1) is 0 Å². The fourth-order valence-electron chi connectivity index (χ4n) is 2.19. The van der Waals surface area contributed by atoms with Gasteiger partial charge >= 0.3 is 0 Å². The molecule has 80 valence electrons. The lowest BCUT2D eigenvalue weighted by molar-refractivity contribution is -0.134. The number of halogens is 1. The lowest BCUT2D eigenvalue weighted by Gasteiger charge is -2.20. The molecule has 0 aromatic rings.